The largest absolute Gasteiger partial charge is 0.289 e. The molecule has 9 rings (SSSR count). The van der Waals surface area contributed by atoms with Gasteiger partial charge in [-0.05, 0) is 57.8 Å². The van der Waals surface area contributed by atoms with E-state index in [1.54, 1.807) is 0 Å². The van der Waals surface area contributed by atoms with Crippen molar-refractivity contribution in [2.45, 2.75) is 185 Å². The summed E-state index contributed by atoms with van der Waals surface area (Å²) < 4.78 is 0. The van der Waals surface area contributed by atoms with E-state index in [1.807, 2.05) is 0 Å². The minimum atomic E-state index is 0.850. The minimum Gasteiger partial charge on any atom is -0.289 e. The molecular weight excluding hydrogens is 466 g/mol. The summed E-state index contributed by atoms with van der Waals surface area (Å²) in [5.74, 6) is 0. The predicted molar refractivity (Wildman–Crippen MR) is 148 cm³/mol. The van der Waals surface area contributed by atoms with Crippen molar-refractivity contribution in [1.29, 1.82) is 0 Å². The highest BCUT2D eigenvalue weighted by atomic mass is 32.2. The average Bonchev–Trinajstić information content (AvgIpc) is 2.92. The van der Waals surface area contributed by atoms with Gasteiger partial charge < -0.3 is 0 Å². The quantitative estimate of drug-likeness (QED) is 0.372. The van der Waals surface area contributed by atoms with Gasteiger partial charge in [0, 0.05) is 75.4 Å². The molecule has 0 amide bonds. The fourth-order valence-electron chi connectivity index (χ4n) is 11.8. The second-order valence-electron chi connectivity index (χ2n) is 14.0. The number of fused-ring (bicyclic) bond motifs is 10. The van der Waals surface area contributed by atoms with Crippen LogP contribution in [0.5, 0.6) is 0 Å². The van der Waals surface area contributed by atoms with Crippen LogP contribution in [0.25, 0.3) is 0 Å². The molecule has 5 heteroatoms. The number of rotatable bonds is 0. The maximum atomic E-state index is 3.36. The number of thioether (sulfide) groups is 2. The van der Waals surface area contributed by atoms with Gasteiger partial charge in [-0.1, -0.05) is 51.4 Å². The van der Waals surface area contributed by atoms with E-state index < -0.39 is 0 Å². The third-order valence-electron chi connectivity index (χ3n) is 12.7. The molecule has 0 radical (unpaired) electrons. The second kappa shape index (κ2) is 8.54. The van der Waals surface area contributed by atoms with E-state index in [0.717, 1.165) is 75.4 Å². The van der Waals surface area contributed by atoms with Crippen molar-refractivity contribution in [3.05, 3.63) is 0 Å². The van der Waals surface area contributed by atoms with Crippen molar-refractivity contribution in [3.8, 4) is 0 Å². The van der Waals surface area contributed by atoms with Gasteiger partial charge in [-0.15, -0.1) is 0 Å². The summed E-state index contributed by atoms with van der Waals surface area (Å²) in [6.45, 7) is 0. The first-order valence-electron chi connectivity index (χ1n) is 16.0. The lowest BCUT2D eigenvalue weighted by atomic mass is 9.67. The average molecular weight is 514 g/mol. The SMILES string of the molecule is C1CCC2C(C1)SC1CC3SC4CCCCC4N4C5CCCCC5N5C6CCCCC6N2C1C5C34. The number of nitrogens with zero attached hydrogens (tertiary/aromatic N) is 3. The molecule has 4 heterocycles. The van der Waals surface area contributed by atoms with Crippen molar-refractivity contribution in [3.63, 3.8) is 0 Å². The maximum Gasteiger partial charge on any atom is 0.0436 e. The van der Waals surface area contributed by atoms with Crippen LogP contribution in [-0.2, 0) is 0 Å². The first kappa shape index (κ1) is 22.4. The van der Waals surface area contributed by atoms with E-state index >= 15 is 0 Å². The van der Waals surface area contributed by atoms with E-state index in [1.165, 1.54) is 109 Å². The fraction of sp³-hybridized carbons (Fsp3) is 1.00. The normalized spacial score (nSPS) is 57.8. The Morgan fingerprint density at radius 3 is 1.11 bits per heavy atom. The number of piperazine rings is 2. The zero-order valence-corrected chi connectivity index (χ0v) is 23.3. The van der Waals surface area contributed by atoms with Gasteiger partial charge in [-0.25, -0.2) is 0 Å². The Kier molecular flexibility index (Phi) is 5.46. The zero-order valence-electron chi connectivity index (χ0n) is 21.7. The van der Waals surface area contributed by atoms with Gasteiger partial charge in [0.25, 0.3) is 0 Å². The minimum absolute atomic E-state index is 0.850. The zero-order chi connectivity index (χ0) is 22.7. The van der Waals surface area contributed by atoms with Crippen molar-refractivity contribution in [2.24, 2.45) is 0 Å². The molecule has 0 aromatic carbocycles. The van der Waals surface area contributed by atoms with Crippen LogP contribution in [0.1, 0.15) is 109 Å². The molecule has 0 aromatic heterocycles. The molecule has 5 aliphatic carbocycles. The van der Waals surface area contributed by atoms with E-state index in [2.05, 4.69) is 38.2 Å². The van der Waals surface area contributed by atoms with Crippen LogP contribution < -0.4 is 0 Å². The first-order chi connectivity index (χ1) is 17.4. The van der Waals surface area contributed by atoms with Gasteiger partial charge in [-0.3, -0.25) is 14.7 Å². The molecule has 12 atom stereocenters. The molecule has 0 aromatic rings. The van der Waals surface area contributed by atoms with Crippen molar-refractivity contribution < 1.29 is 0 Å². The molecular formula is C30H47N3S2. The molecule has 5 saturated carbocycles. The lowest BCUT2D eigenvalue weighted by molar-refractivity contribution is -0.208. The van der Waals surface area contributed by atoms with Gasteiger partial charge in [-0.2, -0.15) is 23.5 Å². The molecule has 35 heavy (non-hydrogen) atoms. The molecule has 4 saturated heterocycles. The van der Waals surface area contributed by atoms with Crippen LogP contribution >= 0.6 is 23.5 Å². The lowest BCUT2D eigenvalue weighted by Gasteiger charge is -2.75. The summed E-state index contributed by atoms with van der Waals surface area (Å²) in [6.07, 6.45) is 25.7. The van der Waals surface area contributed by atoms with Crippen LogP contribution in [0.15, 0.2) is 0 Å². The second-order valence-corrected chi connectivity index (χ2v) is 17.0. The van der Waals surface area contributed by atoms with E-state index in [0.29, 0.717) is 0 Å². The summed E-state index contributed by atoms with van der Waals surface area (Å²) in [6, 6.07) is 7.96. The highest BCUT2D eigenvalue weighted by Gasteiger charge is 2.68. The van der Waals surface area contributed by atoms with Crippen LogP contribution in [0, 0.1) is 0 Å². The Hall–Kier alpha value is 0.580. The summed E-state index contributed by atoms with van der Waals surface area (Å²) in [7, 11) is 0. The molecule has 194 valence electrons. The van der Waals surface area contributed by atoms with Gasteiger partial charge in [0.2, 0.25) is 0 Å². The highest BCUT2D eigenvalue weighted by molar-refractivity contribution is 8.01. The Labute approximate surface area is 222 Å². The Morgan fingerprint density at radius 2 is 0.686 bits per heavy atom. The van der Waals surface area contributed by atoms with Crippen LogP contribution in [-0.4, -0.2) is 90.1 Å². The first-order valence-corrected chi connectivity index (χ1v) is 17.9. The smallest absolute Gasteiger partial charge is 0.0436 e. The van der Waals surface area contributed by atoms with Crippen LogP contribution in [0.3, 0.4) is 0 Å². The van der Waals surface area contributed by atoms with Gasteiger partial charge in [0.05, 0.1) is 0 Å². The Morgan fingerprint density at radius 1 is 0.343 bits per heavy atom. The van der Waals surface area contributed by atoms with Crippen LogP contribution in [0.2, 0.25) is 0 Å². The third-order valence-corrected chi connectivity index (χ3v) is 16.1. The standard InChI is InChI=1S/C30H47N3S2/c1-3-11-20-18(9-1)31-19-10-2-4-12-21(19)33-23-14-6-8-16-25(23)35-27-17-26-28(30(31)29(27)33)32(20)22-13-5-7-15-24(22)34-26/h18-30H,1-17H2. The van der Waals surface area contributed by atoms with E-state index in [-0.39, 0.29) is 0 Å². The molecule has 12 unspecified atom stereocenters. The van der Waals surface area contributed by atoms with Crippen molar-refractivity contribution in [1.82, 2.24) is 14.7 Å². The molecule has 9 aliphatic rings. The van der Waals surface area contributed by atoms with E-state index in [9.17, 15) is 0 Å². The lowest BCUT2D eigenvalue weighted by Crippen LogP contribution is -2.88. The molecule has 3 nitrogen and oxygen atoms in total. The molecule has 0 bridgehead atoms. The summed E-state index contributed by atoms with van der Waals surface area (Å²) in [5, 5.41) is 3.74. The summed E-state index contributed by atoms with van der Waals surface area (Å²) in [5.41, 5.74) is 0. The van der Waals surface area contributed by atoms with Crippen LogP contribution in [0.4, 0.5) is 0 Å². The maximum absolute atomic E-state index is 3.36. The van der Waals surface area contributed by atoms with Gasteiger partial charge in [0.15, 0.2) is 0 Å². The van der Waals surface area contributed by atoms with Gasteiger partial charge >= 0.3 is 0 Å². The summed E-state index contributed by atoms with van der Waals surface area (Å²) in [4.78, 5) is 10.0. The third kappa shape index (κ3) is 3.11. The highest BCUT2D eigenvalue weighted by Crippen LogP contribution is 2.60. The van der Waals surface area contributed by atoms with Crippen molar-refractivity contribution >= 4 is 23.5 Å². The monoisotopic (exact) mass is 513 g/mol. The molecule has 9 fully saturated rings. The van der Waals surface area contributed by atoms with E-state index in [4.69, 9.17) is 0 Å². The van der Waals surface area contributed by atoms with Crippen molar-refractivity contribution in [2.75, 3.05) is 0 Å². The van der Waals surface area contributed by atoms with Gasteiger partial charge in [0.1, 0.15) is 0 Å². The number of hydrogen-bond donors (Lipinski definition) is 0. The molecule has 0 spiro atoms. The Bertz CT molecular complexity index is 774. The predicted octanol–water partition coefficient (Wildman–Crippen LogP) is 5.90. The fourth-order valence-corrected chi connectivity index (χ4v) is 15.9. The molecule has 0 N–H and O–H groups in total. The number of hydrogen-bond acceptors (Lipinski definition) is 5. The molecule has 4 aliphatic heterocycles. The summed E-state index contributed by atoms with van der Waals surface area (Å²) >= 11 is 5.07. The topological polar surface area (TPSA) is 9.72 Å². The Balaban J connectivity index is 1.20.